The molecule has 118 valence electrons. The Bertz CT molecular complexity index is 887. The first-order chi connectivity index (χ1) is 11.2. The van der Waals surface area contributed by atoms with E-state index in [1.807, 2.05) is 48.5 Å². The minimum absolute atomic E-state index is 0.0990. The smallest absolute Gasteiger partial charge is 0.253 e. The molecule has 3 aromatic rings. The van der Waals surface area contributed by atoms with Gasteiger partial charge in [0.15, 0.2) is 0 Å². The Balaban J connectivity index is 1.86. The van der Waals surface area contributed by atoms with E-state index in [2.05, 4.69) is 10.3 Å². The first-order valence-electron chi connectivity index (χ1n) is 7.27. The Kier molecular flexibility index (Phi) is 4.19. The number of hydrogen-bond donors (Lipinski definition) is 2. The minimum Gasteiger partial charge on any atom is -0.497 e. The zero-order chi connectivity index (χ0) is 16.2. The lowest BCUT2D eigenvalue weighted by Crippen LogP contribution is -2.15. The summed E-state index contributed by atoms with van der Waals surface area (Å²) in [6.45, 7) is 0.426. The highest BCUT2D eigenvalue weighted by Crippen LogP contribution is 2.20. The van der Waals surface area contributed by atoms with Crippen LogP contribution < -0.4 is 20.3 Å². The van der Waals surface area contributed by atoms with E-state index in [1.54, 1.807) is 14.2 Å². The second-order valence-corrected chi connectivity index (χ2v) is 5.16. The monoisotopic (exact) mass is 310 g/mol. The van der Waals surface area contributed by atoms with Gasteiger partial charge >= 0.3 is 0 Å². The molecule has 23 heavy (non-hydrogen) atoms. The molecule has 1 aromatic heterocycles. The van der Waals surface area contributed by atoms with Gasteiger partial charge in [0, 0.05) is 34.8 Å². The number of anilines is 1. The maximum absolute atomic E-state index is 12.2. The number of pyridine rings is 1. The van der Waals surface area contributed by atoms with Gasteiger partial charge in [-0.1, -0.05) is 6.07 Å². The predicted octanol–water partition coefficient (Wildman–Crippen LogP) is 3.16. The Morgan fingerprint density at radius 3 is 2.57 bits per heavy atom. The zero-order valence-electron chi connectivity index (χ0n) is 13.1. The molecule has 0 fully saturated rings. The molecular formula is C18H18N2O3. The summed E-state index contributed by atoms with van der Waals surface area (Å²) < 4.78 is 10.4. The summed E-state index contributed by atoms with van der Waals surface area (Å²) in [5.74, 6) is 1.53. The quantitative estimate of drug-likeness (QED) is 0.760. The lowest BCUT2D eigenvalue weighted by Gasteiger charge is -2.09. The average Bonchev–Trinajstić information content (AvgIpc) is 2.59. The molecule has 0 saturated carbocycles. The number of hydrogen-bond acceptors (Lipinski definition) is 4. The molecule has 0 atom stereocenters. The maximum atomic E-state index is 12.2. The van der Waals surface area contributed by atoms with Gasteiger partial charge in [-0.05, 0) is 36.4 Å². The van der Waals surface area contributed by atoms with Crippen LogP contribution >= 0.6 is 0 Å². The molecule has 0 aliphatic heterocycles. The summed E-state index contributed by atoms with van der Waals surface area (Å²) in [5.41, 5.74) is 2.25. The molecule has 0 aliphatic carbocycles. The average molecular weight is 310 g/mol. The van der Waals surface area contributed by atoms with Crippen molar-refractivity contribution >= 4 is 16.6 Å². The van der Waals surface area contributed by atoms with Crippen LogP contribution in [0.5, 0.6) is 11.5 Å². The summed E-state index contributed by atoms with van der Waals surface area (Å²) in [6.07, 6.45) is 0. The first-order valence-corrected chi connectivity index (χ1v) is 7.27. The van der Waals surface area contributed by atoms with Crippen LogP contribution in [0.2, 0.25) is 0 Å². The van der Waals surface area contributed by atoms with Gasteiger partial charge in [0.25, 0.3) is 5.56 Å². The van der Waals surface area contributed by atoms with E-state index in [9.17, 15) is 4.79 Å². The third-order valence-corrected chi connectivity index (χ3v) is 3.68. The second kappa shape index (κ2) is 6.44. The van der Waals surface area contributed by atoms with Crippen molar-refractivity contribution < 1.29 is 9.47 Å². The molecule has 2 aromatic carbocycles. The Morgan fingerprint density at radius 1 is 1.00 bits per heavy atom. The van der Waals surface area contributed by atoms with E-state index in [4.69, 9.17) is 9.47 Å². The summed E-state index contributed by atoms with van der Waals surface area (Å²) >= 11 is 0. The molecule has 0 unspecified atom stereocenters. The Labute approximate surface area is 133 Å². The van der Waals surface area contributed by atoms with Crippen LogP contribution in [0.25, 0.3) is 10.9 Å². The van der Waals surface area contributed by atoms with Gasteiger partial charge in [-0.3, -0.25) is 4.79 Å². The van der Waals surface area contributed by atoms with Crippen molar-refractivity contribution in [2.24, 2.45) is 0 Å². The number of benzene rings is 2. The van der Waals surface area contributed by atoms with E-state index in [0.29, 0.717) is 12.1 Å². The Morgan fingerprint density at radius 2 is 1.78 bits per heavy atom. The first kappa shape index (κ1) is 15.0. The zero-order valence-corrected chi connectivity index (χ0v) is 13.1. The lowest BCUT2D eigenvalue weighted by molar-refractivity contribution is 0.415. The van der Waals surface area contributed by atoms with Gasteiger partial charge < -0.3 is 19.8 Å². The summed E-state index contributed by atoms with van der Waals surface area (Å²) in [7, 11) is 3.25. The van der Waals surface area contributed by atoms with E-state index in [-0.39, 0.29) is 5.56 Å². The minimum atomic E-state index is -0.0990. The number of ether oxygens (including phenoxy) is 2. The van der Waals surface area contributed by atoms with Crippen molar-refractivity contribution in [2.75, 3.05) is 19.5 Å². The highest BCUT2D eigenvalue weighted by Gasteiger charge is 2.05. The van der Waals surface area contributed by atoms with E-state index in [1.165, 1.54) is 0 Å². The molecule has 0 spiro atoms. The molecule has 2 N–H and O–H groups in total. The number of methoxy groups -OCH3 is 2. The number of aromatic nitrogens is 1. The standard InChI is InChI=1S/C18H18N2O3/c1-22-15-5-3-4-14(10-15)19-11-13-8-12-9-16(23-2)6-7-17(12)20-18(13)21/h3-10,19H,11H2,1-2H3,(H,20,21). The van der Waals surface area contributed by atoms with Crippen LogP contribution in [0, 0.1) is 0 Å². The van der Waals surface area contributed by atoms with Gasteiger partial charge in [0.05, 0.1) is 14.2 Å². The predicted molar refractivity (Wildman–Crippen MR) is 91.4 cm³/mol. The summed E-state index contributed by atoms with van der Waals surface area (Å²) in [5, 5.41) is 4.18. The number of nitrogens with one attached hydrogen (secondary N) is 2. The number of H-pyrrole nitrogens is 1. The summed E-state index contributed by atoms with van der Waals surface area (Å²) in [6, 6.07) is 15.0. The highest BCUT2D eigenvalue weighted by atomic mass is 16.5. The van der Waals surface area contributed by atoms with Crippen molar-refractivity contribution in [2.45, 2.75) is 6.54 Å². The molecule has 5 nitrogen and oxygen atoms in total. The molecule has 0 aliphatic rings. The normalized spacial score (nSPS) is 10.5. The highest BCUT2D eigenvalue weighted by molar-refractivity contribution is 5.80. The van der Waals surface area contributed by atoms with Crippen molar-refractivity contribution in [1.29, 1.82) is 0 Å². The van der Waals surface area contributed by atoms with E-state index >= 15 is 0 Å². The fourth-order valence-electron chi connectivity index (χ4n) is 2.42. The van der Waals surface area contributed by atoms with Gasteiger partial charge in [0.2, 0.25) is 0 Å². The molecule has 0 bridgehead atoms. The van der Waals surface area contributed by atoms with E-state index < -0.39 is 0 Å². The molecule has 0 amide bonds. The topological polar surface area (TPSA) is 63.4 Å². The molecule has 0 saturated heterocycles. The fourth-order valence-corrected chi connectivity index (χ4v) is 2.42. The van der Waals surface area contributed by atoms with Crippen molar-refractivity contribution in [3.63, 3.8) is 0 Å². The SMILES string of the molecule is COc1cccc(NCc2cc3cc(OC)ccc3[nH]c2=O)c1. The number of aromatic amines is 1. The van der Waals surface area contributed by atoms with Gasteiger partial charge in [-0.2, -0.15) is 0 Å². The third kappa shape index (κ3) is 3.29. The molecule has 5 heteroatoms. The van der Waals surface area contributed by atoms with Gasteiger partial charge in [-0.25, -0.2) is 0 Å². The van der Waals surface area contributed by atoms with Crippen LogP contribution in [0.4, 0.5) is 5.69 Å². The van der Waals surface area contributed by atoms with Crippen molar-refractivity contribution in [1.82, 2.24) is 4.98 Å². The number of rotatable bonds is 5. The van der Waals surface area contributed by atoms with Crippen LogP contribution in [-0.2, 0) is 6.54 Å². The Hall–Kier alpha value is -2.95. The molecule has 0 radical (unpaired) electrons. The van der Waals surface area contributed by atoms with Crippen molar-refractivity contribution in [3.8, 4) is 11.5 Å². The molecular weight excluding hydrogens is 292 g/mol. The van der Waals surface area contributed by atoms with Gasteiger partial charge in [0.1, 0.15) is 11.5 Å². The van der Waals surface area contributed by atoms with E-state index in [0.717, 1.165) is 28.1 Å². The third-order valence-electron chi connectivity index (χ3n) is 3.68. The van der Waals surface area contributed by atoms with Crippen LogP contribution in [-0.4, -0.2) is 19.2 Å². The summed E-state index contributed by atoms with van der Waals surface area (Å²) in [4.78, 5) is 15.1. The van der Waals surface area contributed by atoms with Gasteiger partial charge in [-0.15, -0.1) is 0 Å². The lowest BCUT2D eigenvalue weighted by atomic mass is 10.1. The molecule has 1 heterocycles. The second-order valence-electron chi connectivity index (χ2n) is 5.16. The van der Waals surface area contributed by atoms with Crippen LogP contribution in [0.1, 0.15) is 5.56 Å². The number of fused-ring (bicyclic) bond motifs is 1. The van der Waals surface area contributed by atoms with Crippen LogP contribution in [0.15, 0.2) is 53.3 Å². The molecule has 3 rings (SSSR count). The fraction of sp³-hybridized carbons (Fsp3) is 0.167. The van der Waals surface area contributed by atoms with Crippen molar-refractivity contribution in [3.05, 3.63) is 64.4 Å². The maximum Gasteiger partial charge on any atom is 0.253 e. The largest absolute Gasteiger partial charge is 0.497 e. The van der Waals surface area contributed by atoms with Crippen LogP contribution in [0.3, 0.4) is 0 Å².